The van der Waals surface area contributed by atoms with E-state index in [1.54, 1.807) is 0 Å². The first-order chi connectivity index (χ1) is 9.34. The summed E-state index contributed by atoms with van der Waals surface area (Å²) in [6.45, 7) is 3.02. The Morgan fingerprint density at radius 3 is 3.16 bits per heavy atom. The molecule has 0 bridgehead atoms. The molecule has 2 heterocycles. The first-order valence-electron chi connectivity index (χ1n) is 7.03. The Morgan fingerprint density at radius 2 is 2.32 bits per heavy atom. The summed E-state index contributed by atoms with van der Waals surface area (Å²) < 4.78 is 5.23. The molecule has 0 spiro atoms. The van der Waals surface area contributed by atoms with E-state index in [0.717, 1.165) is 32.5 Å². The zero-order valence-corrected chi connectivity index (χ0v) is 11.0. The van der Waals surface area contributed by atoms with Crippen LogP contribution in [0.1, 0.15) is 24.3 Å². The number of benzene rings is 1. The number of carbonyl (C=O) groups excluding carboxylic acids is 1. The smallest absolute Gasteiger partial charge is 0.225 e. The average Bonchev–Trinajstić information content (AvgIpc) is 3.08. The monoisotopic (exact) mass is 260 g/mol. The molecule has 2 unspecified atom stereocenters. The van der Waals surface area contributed by atoms with E-state index in [0.29, 0.717) is 12.5 Å². The molecule has 2 aliphatic rings. The van der Waals surface area contributed by atoms with Crippen molar-refractivity contribution in [1.82, 2.24) is 5.32 Å². The van der Waals surface area contributed by atoms with Crippen LogP contribution in [0.15, 0.2) is 24.3 Å². The minimum Gasteiger partial charge on any atom is -0.384 e. The van der Waals surface area contributed by atoms with Gasteiger partial charge in [0.15, 0.2) is 0 Å². The van der Waals surface area contributed by atoms with E-state index in [1.165, 1.54) is 11.3 Å². The largest absolute Gasteiger partial charge is 0.384 e. The van der Waals surface area contributed by atoms with Crippen molar-refractivity contribution in [1.29, 1.82) is 0 Å². The predicted molar refractivity (Wildman–Crippen MR) is 74.2 cm³/mol. The molecule has 0 aliphatic carbocycles. The van der Waals surface area contributed by atoms with E-state index in [1.807, 2.05) is 0 Å². The third kappa shape index (κ3) is 2.73. The first-order valence-corrected chi connectivity index (χ1v) is 7.03. The highest BCUT2D eigenvalue weighted by molar-refractivity contribution is 5.78. The summed E-state index contributed by atoms with van der Waals surface area (Å²) >= 11 is 0. The van der Waals surface area contributed by atoms with Gasteiger partial charge in [-0.1, -0.05) is 18.2 Å². The summed E-state index contributed by atoms with van der Waals surface area (Å²) in [6.07, 6.45) is 1.85. The van der Waals surface area contributed by atoms with Crippen LogP contribution in [0.5, 0.6) is 0 Å². The second-order valence-corrected chi connectivity index (χ2v) is 5.31. The van der Waals surface area contributed by atoms with Crippen molar-refractivity contribution in [3.05, 3.63) is 29.8 Å². The molecule has 0 aromatic heterocycles. The van der Waals surface area contributed by atoms with E-state index in [2.05, 4.69) is 34.9 Å². The normalized spacial score (nSPS) is 24.8. The molecule has 2 atom stereocenters. The Morgan fingerprint density at radius 1 is 1.42 bits per heavy atom. The Bertz CT molecular complexity index is 455. The maximum atomic E-state index is 11.9. The Labute approximate surface area is 113 Å². The molecule has 1 saturated heterocycles. The van der Waals surface area contributed by atoms with Crippen molar-refractivity contribution >= 4 is 11.6 Å². The van der Waals surface area contributed by atoms with Crippen LogP contribution in [0, 0.1) is 5.92 Å². The predicted octanol–water partition coefficient (Wildman–Crippen LogP) is 1.74. The number of anilines is 1. The van der Waals surface area contributed by atoms with Gasteiger partial charge < -0.3 is 15.4 Å². The van der Waals surface area contributed by atoms with E-state index in [9.17, 15) is 4.79 Å². The molecule has 2 aliphatic heterocycles. The number of rotatable bonds is 4. The molecule has 1 fully saturated rings. The van der Waals surface area contributed by atoms with Crippen molar-refractivity contribution in [2.75, 3.05) is 31.6 Å². The Kier molecular flexibility index (Phi) is 3.69. The number of para-hydroxylation sites is 1. The molecule has 1 aromatic carbocycles. The lowest BCUT2D eigenvalue weighted by Crippen LogP contribution is -2.32. The van der Waals surface area contributed by atoms with Crippen LogP contribution in [-0.2, 0) is 9.53 Å². The molecule has 4 heteroatoms. The second kappa shape index (κ2) is 5.61. The van der Waals surface area contributed by atoms with Gasteiger partial charge in [-0.2, -0.15) is 0 Å². The minimum atomic E-state index is 0.0639. The summed E-state index contributed by atoms with van der Waals surface area (Å²) in [7, 11) is 0. The molecule has 0 saturated carbocycles. The highest BCUT2D eigenvalue weighted by atomic mass is 16.5. The summed E-state index contributed by atoms with van der Waals surface area (Å²) in [5.74, 6) is 0.724. The Hall–Kier alpha value is -1.55. The maximum absolute atomic E-state index is 11.9. The van der Waals surface area contributed by atoms with E-state index in [4.69, 9.17) is 4.74 Å². The third-order valence-corrected chi connectivity index (χ3v) is 4.03. The molecule has 1 aromatic rings. The standard InChI is InChI=1S/C15H20N2O2/c18-15(12-6-8-19-10-12)16-7-5-11-9-17-14-4-2-1-3-13(11)14/h1-4,11-12,17H,5-10H2,(H,16,18). The lowest BCUT2D eigenvalue weighted by atomic mass is 9.98. The fourth-order valence-corrected chi connectivity index (χ4v) is 2.87. The number of ether oxygens (including phenoxy) is 1. The van der Waals surface area contributed by atoms with Crippen molar-refractivity contribution in [2.24, 2.45) is 5.92 Å². The van der Waals surface area contributed by atoms with Gasteiger partial charge in [0, 0.05) is 31.3 Å². The summed E-state index contributed by atoms with van der Waals surface area (Å²) in [6, 6.07) is 8.42. The van der Waals surface area contributed by atoms with Crippen LogP contribution in [0.4, 0.5) is 5.69 Å². The van der Waals surface area contributed by atoms with E-state index < -0.39 is 0 Å². The summed E-state index contributed by atoms with van der Waals surface area (Å²) in [4.78, 5) is 11.9. The van der Waals surface area contributed by atoms with Gasteiger partial charge in [-0.25, -0.2) is 0 Å². The van der Waals surface area contributed by atoms with Gasteiger partial charge in [-0.3, -0.25) is 4.79 Å². The molecule has 19 heavy (non-hydrogen) atoms. The van der Waals surface area contributed by atoms with Gasteiger partial charge in [0.2, 0.25) is 5.91 Å². The van der Waals surface area contributed by atoms with Crippen LogP contribution < -0.4 is 10.6 Å². The lowest BCUT2D eigenvalue weighted by molar-refractivity contribution is -0.124. The quantitative estimate of drug-likeness (QED) is 0.867. The van der Waals surface area contributed by atoms with Crippen LogP contribution >= 0.6 is 0 Å². The molecule has 0 radical (unpaired) electrons. The third-order valence-electron chi connectivity index (χ3n) is 4.03. The molecule has 102 valence electrons. The lowest BCUT2D eigenvalue weighted by Gasteiger charge is -2.13. The summed E-state index contributed by atoms with van der Waals surface area (Å²) in [5, 5.41) is 6.45. The van der Waals surface area contributed by atoms with Gasteiger partial charge in [0.05, 0.1) is 12.5 Å². The molecule has 2 N–H and O–H groups in total. The van der Waals surface area contributed by atoms with Crippen LogP contribution in [0.3, 0.4) is 0 Å². The summed E-state index contributed by atoms with van der Waals surface area (Å²) in [5.41, 5.74) is 2.61. The minimum absolute atomic E-state index is 0.0639. The fraction of sp³-hybridized carbons (Fsp3) is 0.533. The molecular formula is C15H20N2O2. The van der Waals surface area contributed by atoms with E-state index in [-0.39, 0.29) is 11.8 Å². The molecular weight excluding hydrogens is 240 g/mol. The highest BCUT2D eigenvalue weighted by Crippen LogP contribution is 2.32. The Balaban J connectivity index is 1.47. The van der Waals surface area contributed by atoms with Gasteiger partial charge in [-0.05, 0) is 24.5 Å². The number of hydrogen-bond donors (Lipinski definition) is 2. The van der Waals surface area contributed by atoms with Gasteiger partial charge in [0.25, 0.3) is 0 Å². The van der Waals surface area contributed by atoms with Crippen molar-refractivity contribution in [3.63, 3.8) is 0 Å². The molecule has 1 amide bonds. The van der Waals surface area contributed by atoms with Crippen molar-refractivity contribution in [3.8, 4) is 0 Å². The van der Waals surface area contributed by atoms with Crippen LogP contribution in [0.2, 0.25) is 0 Å². The zero-order valence-electron chi connectivity index (χ0n) is 11.0. The van der Waals surface area contributed by atoms with Crippen LogP contribution in [0.25, 0.3) is 0 Å². The average molecular weight is 260 g/mol. The number of carbonyl (C=O) groups is 1. The van der Waals surface area contributed by atoms with Crippen LogP contribution in [-0.4, -0.2) is 32.2 Å². The van der Waals surface area contributed by atoms with Gasteiger partial charge in [0.1, 0.15) is 0 Å². The number of hydrogen-bond acceptors (Lipinski definition) is 3. The number of fused-ring (bicyclic) bond motifs is 1. The number of amides is 1. The van der Waals surface area contributed by atoms with Gasteiger partial charge >= 0.3 is 0 Å². The van der Waals surface area contributed by atoms with E-state index >= 15 is 0 Å². The first kappa shape index (κ1) is 12.5. The highest BCUT2D eigenvalue weighted by Gasteiger charge is 2.24. The molecule has 4 nitrogen and oxygen atoms in total. The van der Waals surface area contributed by atoms with Gasteiger partial charge in [-0.15, -0.1) is 0 Å². The maximum Gasteiger partial charge on any atom is 0.225 e. The SMILES string of the molecule is O=C(NCCC1CNc2ccccc21)C1CCOC1. The fourth-order valence-electron chi connectivity index (χ4n) is 2.87. The topological polar surface area (TPSA) is 50.4 Å². The molecule has 3 rings (SSSR count). The van der Waals surface area contributed by atoms with Crippen molar-refractivity contribution in [2.45, 2.75) is 18.8 Å². The second-order valence-electron chi connectivity index (χ2n) is 5.31. The van der Waals surface area contributed by atoms with Crippen molar-refractivity contribution < 1.29 is 9.53 Å². The number of nitrogens with one attached hydrogen (secondary N) is 2. The zero-order chi connectivity index (χ0) is 13.1.